The van der Waals surface area contributed by atoms with Crippen LogP contribution in [-0.4, -0.2) is 18.0 Å². The van der Waals surface area contributed by atoms with Crippen LogP contribution in [0.25, 0.3) is 0 Å². The zero-order chi connectivity index (χ0) is 10.5. The Morgan fingerprint density at radius 3 is 1.77 bits per heavy atom. The minimum atomic E-state index is -2.09. The van der Waals surface area contributed by atoms with Gasteiger partial charge in [0.1, 0.15) is 0 Å². The molecule has 0 unspecified atom stereocenters. The molecule has 0 radical (unpaired) electrons. The SMILES string of the molecule is CCOP(=S)(OCC)SC(C)(C)C. The smallest absolute Gasteiger partial charge is 0.247 e. The van der Waals surface area contributed by atoms with Crippen LogP contribution >= 0.6 is 17.1 Å². The standard InChI is InChI=1S/C8H19O2PS2/c1-6-9-11(12,10-7-2)13-8(3,4)5/h6-7H2,1-5H3. The Balaban J connectivity index is 4.33. The van der Waals surface area contributed by atoms with Crippen molar-refractivity contribution < 1.29 is 9.05 Å². The Kier molecular flexibility index (Phi) is 6.12. The zero-order valence-electron chi connectivity index (χ0n) is 8.99. The summed E-state index contributed by atoms with van der Waals surface area (Å²) >= 11 is 7.01. The summed E-state index contributed by atoms with van der Waals surface area (Å²) in [7, 11) is 0. The van der Waals surface area contributed by atoms with Gasteiger partial charge in [-0.05, 0) is 25.7 Å². The lowest BCUT2D eigenvalue weighted by Gasteiger charge is -2.27. The summed E-state index contributed by atoms with van der Waals surface area (Å²) < 4.78 is 11.1. The fourth-order valence-corrected chi connectivity index (χ4v) is 7.83. The summed E-state index contributed by atoms with van der Waals surface area (Å²) in [6, 6.07) is 0. The van der Waals surface area contributed by atoms with Crippen LogP contribution < -0.4 is 0 Å². The molecular weight excluding hydrogens is 223 g/mol. The molecule has 0 heterocycles. The van der Waals surface area contributed by atoms with Gasteiger partial charge < -0.3 is 9.05 Å². The topological polar surface area (TPSA) is 18.5 Å². The third-order valence-corrected chi connectivity index (χ3v) is 7.13. The zero-order valence-corrected chi connectivity index (χ0v) is 11.5. The van der Waals surface area contributed by atoms with E-state index >= 15 is 0 Å². The van der Waals surface area contributed by atoms with E-state index in [0.29, 0.717) is 13.2 Å². The van der Waals surface area contributed by atoms with Gasteiger partial charge >= 0.3 is 0 Å². The van der Waals surface area contributed by atoms with E-state index in [4.69, 9.17) is 20.9 Å². The average Bonchev–Trinajstić information content (AvgIpc) is 1.82. The second kappa shape index (κ2) is 5.72. The van der Waals surface area contributed by atoms with E-state index in [2.05, 4.69) is 20.8 Å². The second-order valence-electron chi connectivity index (χ2n) is 3.49. The molecule has 0 spiro atoms. The molecule has 0 fully saturated rings. The summed E-state index contributed by atoms with van der Waals surface area (Å²) in [5, 5.41) is 0. The van der Waals surface area contributed by atoms with Crippen molar-refractivity contribution in [2.45, 2.75) is 39.4 Å². The van der Waals surface area contributed by atoms with Crippen LogP contribution in [0.3, 0.4) is 0 Å². The fraction of sp³-hybridized carbons (Fsp3) is 1.00. The lowest BCUT2D eigenvalue weighted by molar-refractivity contribution is 0.280. The predicted molar refractivity (Wildman–Crippen MR) is 64.9 cm³/mol. The molecule has 0 bridgehead atoms. The molecule has 0 atom stereocenters. The molecule has 0 aromatic rings. The highest BCUT2D eigenvalue weighted by molar-refractivity contribution is 8.68. The predicted octanol–water partition coefficient (Wildman–Crippen LogP) is 3.82. The largest absolute Gasteiger partial charge is 0.322 e. The molecule has 2 nitrogen and oxygen atoms in total. The van der Waals surface area contributed by atoms with E-state index in [1.54, 1.807) is 11.4 Å². The minimum Gasteiger partial charge on any atom is -0.322 e. The highest BCUT2D eigenvalue weighted by atomic mass is 32.9. The van der Waals surface area contributed by atoms with Gasteiger partial charge in [-0.2, -0.15) is 0 Å². The van der Waals surface area contributed by atoms with Crippen molar-refractivity contribution in [1.29, 1.82) is 0 Å². The van der Waals surface area contributed by atoms with Gasteiger partial charge in [-0.1, -0.05) is 32.2 Å². The van der Waals surface area contributed by atoms with Crippen LogP contribution in [0.5, 0.6) is 0 Å². The molecule has 0 amide bonds. The highest BCUT2D eigenvalue weighted by Crippen LogP contribution is 2.65. The molecule has 0 rings (SSSR count). The van der Waals surface area contributed by atoms with Crippen LogP contribution in [0.15, 0.2) is 0 Å². The first-order chi connectivity index (χ1) is 5.83. The number of hydrogen-bond acceptors (Lipinski definition) is 4. The summed E-state index contributed by atoms with van der Waals surface area (Å²) in [5.74, 6) is 0. The average molecular weight is 242 g/mol. The van der Waals surface area contributed by atoms with Crippen molar-refractivity contribution in [2.75, 3.05) is 13.2 Å². The summed E-state index contributed by atoms with van der Waals surface area (Å²) in [6.45, 7) is 11.5. The molecule has 0 saturated carbocycles. The number of rotatable bonds is 5. The van der Waals surface area contributed by atoms with E-state index in [9.17, 15) is 0 Å². The first-order valence-electron chi connectivity index (χ1n) is 4.43. The third-order valence-electron chi connectivity index (χ3n) is 0.960. The van der Waals surface area contributed by atoms with Crippen LogP contribution in [0.4, 0.5) is 0 Å². The molecule has 5 heteroatoms. The Hall–Kier alpha value is 0.920. The lowest BCUT2D eigenvalue weighted by atomic mass is 10.3. The van der Waals surface area contributed by atoms with Crippen molar-refractivity contribution in [2.24, 2.45) is 0 Å². The maximum absolute atomic E-state index is 5.51. The maximum atomic E-state index is 5.51. The van der Waals surface area contributed by atoms with Gasteiger partial charge in [-0.3, -0.25) is 0 Å². The van der Waals surface area contributed by atoms with Crippen molar-refractivity contribution in [3.05, 3.63) is 0 Å². The van der Waals surface area contributed by atoms with Crippen molar-refractivity contribution in [1.82, 2.24) is 0 Å². The Morgan fingerprint density at radius 1 is 1.15 bits per heavy atom. The summed E-state index contributed by atoms with van der Waals surface area (Å²) in [5.41, 5.74) is -2.09. The fourth-order valence-electron chi connectivity index (χ4n) is 0.742. The van der Waals surface area contributed by atoms with Gasteiger partial charge in [0.15, 0.2) is 0 Å². The molecule has 0 aromatic carbocycles. The first kappa shape index (κ1) is 13.9. The van der Waals surface area contributed by atoms with Crippen LogP contribution in [0, 0.1) is 0 Å². The van der Waals surface area contributed by atoms with E-state index in [0.717, 1.165) is 0 Å². The Labute approximate surface area is 90.7 Å². The quantitative estimate of drug-likeness (QED) is 0.682. The van der Waals surface area contributed by atoms with Crippen LogP contribution in [0.1, 0.15) is 34.6 Å². The second-order valence-corrected chi connectivity index (χ2v) is 10.4. The highest BCUT2D eigenvalue weighted by Gasteiger charge is 2.26. The third kappa shape index (κ3) is 6.92. The molecule has 0 aliphatic heterocycles. The van der Waals surface area contributed by atoms with Crippen molar-refractivity contribution >= 4 is 28.9 Å². The van der Waals surface area contributed by atoms with Crippen LogP contribution in [-0.2, 0) is 20.9 Å². The van der Waals surface area contributed by atoms with E-state index in [1.165, 1.54) is 0 Å². The lowest BCUT2D eigenvalue weighted by Crippen LogP contribution is -2.08. The maximum Gasteiger partial charge on any atom is 0.247 e. The van der Waals surface area contributed by atoms with Gasteiger partial charge in [0, 0.05) is 4.75 Å². The van der Waals surface area contributed by atoms with Gasteiger partial charge in [0.05, 0.1) is 13.2 Å². The van der Waals surface area contributed by atoms with E-state index < -0.39 is 5.69 Å². The number of hydrogen-bond donors (Lipinski definition) is 0. The summed E-state index contributed by atoms with van der Waals surface area (Å²) in [6.07, 6.45) is 0. The van der Waals surface area contributed by atoms with Crippen molar-refractivity contribution in [3.63, 3.8) is 0 Å². The van der Waals surface area contributed by atoms with Gasteiger partial charge in [0.25, 0.3) is 0 Å². The molecule has 0 saturated heterocycles. The van der Waals surface area contributed by atoms with Gasteiger partial charge in [0.2, 0.25) is 5.69 Å². The molecular formula is C8H19O2PS2. The molecule has 0 aliphatic carbocycles. The minimum absolute atomic E-state index is 0.0971. The molecule has 0 aliphatic rings. The molecule has 13 heavy (non-hydrogen) atoms. The van der Waals surface area contributed by atoms with Crippen LogP contribution in [0.2, 0.25) is 0 Å². The van der Waals surface area contributed by atoms with E-state index in [-0.39, 0.29) is 4.75 Å². The Morgan fingerprint density at radius 2 is 1.54 bits per heavy atom. The molecule has 0 N–H and O–H groups in total. The van der Waals surface area contributed by atoms with E-state index in [1.807, 2.05) is 13.8 Å². The summed E-state index contributed by atoms with van der Waals surface area (Å²) in [4.78, 5) is 0. The molecule has 0 aromatic heterocycles. The monoisotopic (exact) mass is 242 g/mol. The Bertz CT molecular complexity index is 179. The first-order valence-corrected chi connectivity index (χ1v) is 8.49. The van der Waals surface area contributed by atoms with Crippen molar-refractivity contribution in [3.8, 4) is 0 Å². The van der Waals surface area contributed by atoms with Gasteiger partial charge in [-0.15, -0.1) is 0 Å². The molecule has 80 valence electrons. The normalized spacial score (nSPS) is 13.3. The van der Waals surface area contributed by atoms with Gasteiger partial charge in [-0.25, -0.2) is 0 Å².